The fourth-order valence-electron chi connectivity index (χ4n) is 2.50. The van der Waals surface area contributed by atoms with E-state index in [2.05, 4.69) is 0 Å². The first-order valence-corrected chi connectivity index (χ1v) is 5.66. The van der Waals surface area contributed by atoms with Crippen molar-refractivity contribution in [2.24, 2.45) is 5.92 Å². The van der Waals surface area contributed by atoms with Crippen LogP contribution in [-0.2, 0) is 6.42 Å². The van der Waals surface area contributed by atoms with Crippen molar-refractivity contribution in [1.29, 1.82) is 0 Å². The van der Waals surface area contributed by atoms with Gasteiger partial charge < -0.3 is 5.11 Å². The van der Waals surface area contributed by atoms with Crippen LogP contribution in [0.3, 0.4) is 0 Å². The lowest BCUT2D eigenvalue weighted by molar-refractivity contribution is 0.148. The molecule has 0 saturated carbocycles. The fraction of sp³-hybridized carbons (Fsp3) is 0.538. The summed E-state index contributed by atoms with van der Waals surface area (Å²) >= 11 is 0. The van der Waals surface area contributed by atoms with Crippen molar-refractivity contribution in [2.45, 2.75) is 39.2 Å². The molecule has 0 radical (unpaired) electrons. The van der Waals surface area contributed by atoms with Crippen molar-refractivity contribution in [1.82, 2.24) is 0 Å². The van der Waals surface area contributed by atoms with Gasteiger partial charge >= 0.3 is 0 Å². The van der Waals surface area contributed by atoms with Crippen molar-refractivity contribution < 1.29 is 13.9 Å². The van der Waals surface area contributed by atoms with Crippen LogP contribution >= 0.6 is 0 Å². The molecule has 0 aliphatic heterocycles. The summed E-state index contributed by atoms with van der Waals surface area (Å²) in [5.74, 6) is -0.750. The summed E-state index contributed by atoms with van der Waals surface area (Å²) in [6.45, 7) is 3.63. The van der Waals surface area contributed by atoms with E-state index in [4.69, 9.17) is 0 Å². The molecule has 1 aromatic rings. The molecule has 1 nitrogen and oxygen atoms in total. The van der Waals surface area contributed by atoms with E-state index in [-0.39, 0.29) is 0 Å². The SMILES string of the molecule is Cc1c(F)cc(F)c2c1C(O)CC(C)CC2. The van der Waals surface area contributed by atoms with Crippen LogP contribution in [0, 0.1) is 24.5 Å². The molecule has 88 valence electrons. The molecule has 1 N–H and O–H groups in total. The van der Waals surface area contributed by atoms with Crippen LogP contribution in [0.5, 0.6) is 0 Å². The Balaban J connectivity index is 2.59. The molecule has 0 saturated heterocycles. The smallest absolute Gasteiger partial charge is 0.129 e. The lowest BCUT2D eigenvalue weighted by Gasteiger charge is -2.16. The minimum absolute atomic E-state index is 0.337. The highest BCUT2D eigenvalue weighted by Gasteiger charge is 2.26. The normalized spacial score (nSPS) is 25.1. The van der Waals surface area contributed by atoms with Gasteiger partial charge in [-0.15, -0.1) is 0 Å². The maximum Gasteiger partial charge on any atom is 0.129 e. The summed E-state index contributed by atoms with van der Waals surface area (Å²) in [6, 6.07) is 0.927. The lowest BCUT2D eigenvalue weighted by atomic mass is 9.94. The van der Waals surface area contributed by atoms with Crippen molar-refractivity contribution in [2.75, 3.05) is 0 Å². The Morgan fingerprint density at radius 2 is 2.00 bits per heavy atom. The molecule has 2 unspecified atom stereocenters. The molecule has 0 amide bonds. The highest BCUT2D eigenvalue weighted by molar-refractivity contribution is 5.39. The number of aliphatic hydroxyl groups excluding tert-OH is 1. The van der Waals surface area contributed by atoms with Crippen LogP contribution in [0.1, 0.15) is 42.6 Å². The lowest BCUT2D eigenvalue weighted by Crippen LogP contribution is -2.07. The van der Waals surface area contributed by atoms with E-state index in [1.165, 1.54) is 0 Å². The Hall–Kier alpha value is -0.960. The summed E-state index contributed by atoms with van der Waals surface area (Å²) in [5.41, 5.74) is 1.36. The number of aliphatic hydroxyl groups is 1. The number of hydrogen-bond acceptors (Lipinski definition) is 1. The van der Waals surface area contributed by atoms with Gasteiger partial charge in [-0.3, -0.25) is 0 Å². The standard InChI is InChI=1S/C13H16F2O/c1-7-3-4-9-11(15)6-10(14)8(2)13(9)12(16)5-7/h6-7,12,16H,3-5H2,1-2H3. The number of hydrogen-bond donors (Lipinski definition) is 1. The van der Waals surface area contributed by atoms with Crippen molar-refractivity contribution in [3.8, 4) is 0 Å². The Bertz CT molecular complexity index is 415. The van der Waals surface area contributed by atoms with Crippen LogP contribution in [0.4, 0.5) is 8.78 Å². The quantitative estimate of drug-likeness (QED) is 0.673. The van der Waals surface area contributed by atoms with Crippen LogP contribution in [0.15, 0.2) is 6.07 Å². The van der Waals surface area contributed by atoms with E-state index >= 15 is 0 Å². The minimum atomic E-state index is -0.738. The van der Waals surface area contributed by atoms with Gasteiger partial charge in [0, 0.05) is 6.07 Å². The predicted molar refractivity (Wildman–Crippen MR) is 58.2 cm³/mol. The van der Waals surface area contributed by atoms with Crippen LogP contribution in [0.25, 0.3) is 0 Å². The Kier molecular flexibility index (Phi) is 2.98. The molecule has 16 heavy (non-hydrogen) atoms. The number of rotatable bonds is 0. The second-order valence-corrected chi connectivity index (χ2v) is 4.75. The van der Waals surface area contributed by atoms with Gasteiger partial charge in [-0.2, -0.15) is 0 Å². The maximum absolute atomic E-state index is 13.6. The molecular formula is C13H16F2O. The topological polar surface area (TPSA) is 20.2 Å². The molecule has 0 spiro atoms. The Morgan fingerprint density at radius 1 is 1.31 bits per heavy atom. The summed E-state index contributed by atoms with van der Waals surface area (Å²) in [6.07, 6.45) is 1.27. The van der Waals surface area contributed by atoms with Gasteiger partial charge in [-0.05, 0) is 48.8 Å². The summed E-state index contributed by atoms with van der Waals surface area (Å²) in [5, 5.41) is 10.0. The van der Waals surface area contributed by atoms with E-state index in [0.29, 0.717) is 35.4 Å². The van der Waals surface area contributed by atoms with Gasteiger partial charge in [0.05, 0.1) is 6.10 Å². The van der Waals surface area contributed by atoms with Crippen molar-refractivity contribution in [3.05, 3.63) is 34.4 Å². The van der Waals surface area contributed by atoms with Gasteiger partial charge in [0.1, 0.15) is 11.6 Å². The average Bonchev–Trinajstić information content (AvgIpc) is 2.34. The third-order valence-electron chi connectivity index (χ3n) is 3.48. The predicted octanol–water partition coefficient (Wildman–Crippen LogP) is 3.28. The molecule has 0 bridgehead atoms. The third kappa shape index (κ3) is 1.84. The Labute approximate surface area is 94.1 Å². The number of fused-ring (bicyclic) bond motifs is 1. The second kappa shape index (κ2) is 4.13. The second-order valence-electron chi connectivity index (χ2n) is 4.75. The maximum atomic E-state index is 13.6. The summed E-state index contributed by atoms with van der Waals surface area (Å²) < 4.78 is 27.1. The van der Waals surface area contributed by atoms with Crippen LogP contribution in [-0.4, -0.2) is 5.11 Å². The summed E-state index contributed by atoms with van der Waals surface area (Å²) in [7, 11) is 0. The molecule has 1 aromatic carbocycles. The number of benzene rings is 1. The molecular weight excluding hydrogens is 210 g/mol. The fourth-order valence-corrected chi connectivity index (χ4v) is 2.50. The van der Waals surface area contributed by atoms with Crippen LogP contribution < -0.4 is 0 Å². The van der Waals surface area contributed by atoms with E-state index in [1.807, 2.05) is 6.92 Å². The zero-order chi connectivity index (χ0) is 11.9. The monoisotopic (exact) mass is 226 g/mol. The Morgan fingerprint density at radius 3 is 2.69 bits per heavy atom. The largest absolute Gasteiger partial charge is 0.388 e. The molecule has 0 aromatic heterocycles. The van der Waals surface area contributed by atoms with E-state index in [9.17, 15) is 13.9 Å². The molecule has 0 heterocycles. The molecule has 1 aliphatic carbocycles. The van der Waals surface area contributed by atoms with E-state index in [0.717, 1.165) is 12.5 Å². The highest BCUT2D eigenvalue weighted by atomic mass is 19.1. The first-order chi connectivity index (χ1) is 7.50. The number of halogens is 2. The average molecular weight is 226 g/mol. The van der Waals surface area contributed by atoms with Gasteiger partial charge in [-0.25, -0.2) is 8.78 Å². The van der Waals surface area contributed by atoms with E-state index < -0.39 is 17.7 Å². The molecule has 1 aliphatic rings. The first-order valence-electron chi connectivity index (χ1n) is 5.66. The highest BCUT2D eigenvalue weighted by Crippen LogP contribution is 2.35. The van der Waals surface area contributed by atoms with Gasteiger partial charge in [0.2, 0.25) is 0 Å². The third-order valence-corrected chi connectivity index (χ3v) is 3.48. The molecule has 2 rings (SSSR count). The minimum Gasteiger partial charge on any atom is -0.388 e. The van der Waals surface area contributed by atoms with Crippen LogP contribution in [0.2, 0.25) is 0 Å². The first kappa shape index (κ1) is 11.5. The van der Waals surface area contributed by atoms with E-state index in [1.54, 1.807) is 6.92 Å². The zero-order valence-corrected chi connectivity index (χ0v) is 9.56. The van der Waals surface area contributed by atoms with Gasteiger partial charge in [-0.1, -0.05) is 6.92 Å². The van der Waals surface area contributed by atoms with Crippen molar-refractivity contribution >= 4 is 0 Å². The molecule has 0 fully saturated rings. The van der Waals surface area contributed by atoms with Crippen molar-refractivity contribution in [3.63, 3.8) is 0 Å². The molecule has 3 heteroatoms. The summed E-state index contributed by atoms with van der Waals surface area (Å²) in [4.78, 5) is 0. The van der Waals surface area contributed by atoms with Gasteiger partial charge in [0.15, 0.2) is 0 Å². The molecule has 2 atom stereocenters. The van der Waals surface area contributed by atoms with Gasteiger partial charge in [0.25, 0.3) is 0 Å². The zero-order valence-electron chi connectivity index (χ0n) is 9.56.